The zero-order chi connectivity index (χ0) is 23.3. The molecule has 168 valence electrons. The summed E-state index contributed by atoms with van der Waals surface area (Å²) in [6, 6.07) is 10.4. The molecule has 0 heterocycles. The van der Waals surface area contributed by atoms with Gasteiger partial charge in [-0.2, -0.15) is 0 Å². The van der Waals surface area contributed by atoms with E-state index in [-0.39, 0.29) is 17.0 Å². The normalized spacial score (nSPS) is 10.3. The van der Waals surface area contributed by atoms with Crippen molar-refractivity contribution in [1.29, 1.82) is 0 Å². The second kappa shape index (κ2) is 14.4. The van der Waals surface area contributed by atoms with E-state index in [9.17, 15) is 9.59 Å². The van der Waals surface area contributed by atoms with Gasteiger partial charge in [0.1, 0.15) is 18.0 Å². The van der Waals surface area contributed by atoms with Gasteiger partial charge in [0.2, 0.25) is 0 Å². The van der Waals surface area contributed by atoms with Gasteiger partial charge in [0, 0.05) is 15.8 Å². The molecule has 2 aromatic rings. The van der Waals surface area contributed by atoms with E-state index < -0.39 is 5.97 Å². The van der Waals surface area contributed by atoms with Crippen molar-refractivity contribution in [3.8, 4) is 5.75 Å². The van der Waals surface area contributed by atoms with Crippen molar-refractivity contribution >= 4 is 50.4 Å². The molecule has 2 aromatic carbocycles. The molecule has 0 aliphatic carbocycles. The lowest BCUT2D eigenvalue weighted by atomic mass is 10.0. The molecule has 0 saturated carbocycles. The lowest BCUT2D eigenvalue weighted by molar-refractivity contribution is -0.142. The Bertz CT molecular complexity index is 819. The van der Waals surface area contributed by atoms with Crippen molar-refractivity contribution in [2.45, 2.75) is 59.3 Å². The van der Waals surface area contributed by atoms with Gasteiger partial charge in [-0.15, -0.1) is 0 Å². The highest BCUT2D eigenvalue weighted by Gasteiger charge is 2.11. The van der Waals surface area contributed by atoms with Crippen LogP contribution < -0.4 is 9.46 Å². The van der Waals surface area contributed by atoms with Crippen molar-refractivity contribution in [1.82, 2.24) is 4.72 Å². The number of carbonyl (C=O) groups is 2. The van der Waals surface area contributed by atoms with Crippen LogP contribution in [-0.2, 0) is 20.9 Å². The number of esters is 1. The topological polar surface area (TPSA) is 64.6 Å². The van der Waals surface area contributed by atoms with Gasteiger partial charge in [0.15, 0.2) is 0 Å². The lowest BCUT2D eigenvalue weighted by Gasteiger charge is -2.18. The molecule has 0 aliphatic rings. The molecule has 0 unspecified atom stereocenters. The van der Waals surface area contributed by atoms with E-state index in [4.69, 9.17) is 4.74 Å². The molecule has 2 rings (SSSR count). The Kier molecular flexibility index (Phi) is 13.7. The first-order valence-electron chi connectivity index (χ1n) is 9.79. The van der Waals surface area contributed by atoms with E-state index in [0.717, 1.165) is 16.8 Å². The van der Waals surface area contributed by atoms with Gasteiger partial charge in [0.05, 0.1) is 14.2 Å². The summed E-state index contributed by atoms with van der Waals surface area (Å²) in [4.78, 5) is 20.3. The third kappa shape index (κ3) is 11.0. The van der Waals surface area contributed by atoms with Crippen molar-refractivity contribution in [3.05, 3.63) is 40.4 Å². The third-order valence-electron chi connectivity index (χ3n) is 3.52. The number of methoxy groups -OCH3 is 2. The van der Waals surface area contributed by atoms with Gasteiger partial charge in [-0.25, -0.2) is 0 Å². The van der Waals surface area contributed by atoms with E-state index in [1.165, 1.54) is 30.4 Å². The Morgan fingerprint density at radius 3 is 2.17 bits per heavy atom. The molecule has 7 heteroatoms. The third-order valence-corrected chi connectivity index (χ3v) is 5.12. The number of Topliss-reactive ketones (excluding diaryl/α,β-unsaturated/α-hetero) is 1. The minimum absolute atomic E-state index is 0.115. The van der Waals surface area contributed by atoms with E-state index >= 15 is 0 Å². The van der Waals surface area contributed by atoms with E-state index in [1.54, 1.807) is 19.1 Å². The maximum Gasteiger partial charge on any atom is 0.313 e. The molecule has 0 aromatic heterocycles. The number of halogens is 1. The van der Waals surface area contributed by atoms with Gasteiger partial charge < -0.3 is 9.47 Å². The Labute approximate surface area is 193 Å². The maximum absolute atomic E-state index is 10.2. The fraction of sp³-hybridized carbons (Fsp3) is 0.478. The van der Waals surface area contributed by atoms with Crippen LogP contribution in [0.1, 0.15) is 53.5 Å². The van der Waals surface area contributed by atoms with Crippen LogP contribution in [-0.4, -0.2) is 30.7 Å². The molecule has 0 radical (unpaired) electrons. The molecule has 0 atom stereocenters. The monoisotopic (exact) mass is 499 g/mol. The highest BCUT2D eigenvalue weighted by atomic mass is 79.9. The quantitative estimate of drug-likeness (QED) is 0.285. The molecule has 0 fully saturated rings. The lowest BCUT2D eigenvalue weighted by Crippen LogP contribution is -2.16. The van der Waals surface area contributed by atoms with Crippen LogP contribution in [0.5, 0.6) is 5.75 Å². The second-order valence-corrected chi connectivity index (χ2v) is 9.68. The van der Waals surface area contributed by atoms with Crippen LogP contribution in [0.25, 0.3) is 10.8 Å². The van der Waals surface area contributed by atoms with Crippen LogP contribution in [0.4, 0.5) is 0 Å². The molecule has 0 aliphatic heterocycles. The minimum Gasteiger partial charge on any atom is -0.497 e. The van der Waals surface area contributed by atoms with Gasteiger partial charge >= 0.3 is 5.97 Å². The molecule has 1 N–H and O–H groups in total. The summed E-state index contributed by atoms with van der Waals surface area (Å²) in [5.74, 6) is 0.245. The number of nitrogens with one attached hydrogen (secondary N) is 1. The predicted octanol–water partition coefficient (Wildman–Crippen LogP) is 6.31. The average Bonchev–Trinajstić information content (AvgIpc) is 2.70. The number of hydrogen-bond acceptors (Lipinski definition) is 6. The molecule has 0 bridgehead atoms. The molecule has 5 nitrogen and oxygen atoms in total. The number of benzene rings is 2. The van der Waals surface area contributed by atoms with Crippen LogP contribution in [0.3, 0.4) is 0 Å². The van der Waals surface area contributed by atoms with Gasteiger partial charge in [-0.1, -0.05) is 47.8 Å². The summed E-state index contributed by atoms with van der Waals surface area (Å²) < 4.78 is 14.3. The van der Waals surface area contributed by atoms with E-state index in [2.05, 4.69) is 70.4 Å². The Hall–Kier alpha value is -1.57. The molecule has 30 heavy (non-hydrogen) atoms. The minimum atomic E-state index is -0.475. The fourth-order valence-electron chi connectivity index (χ4n) is 2.24. The van der Waals surface area contributed by atoms with Crippen molar-refractivity contribution in [2.24, 2.45) is 0 Å². The van der Waals surface area contributed by atoms with Crippen molar-refractivity contribution in [3.63, 3.8) is 0 Å². The van der Waals surface area contributed by atoms with Crippen molar-refractivity contribution in [2.75, 3.05) is 14.2 Å². The number of hydrogen-bond donors (Lipinski definition) is 1. The highest BCUT2D eigenvalue weighted by Crippen LogP contribution is 2.31. The Morgan fingerprint density at radius 1 is 1.07 bits per heavy atom. The van der Waals surface area contributed by atoms with Crippen LogP contribution in [0, 0.1) is 0 Å². The Morgan fingerprint density at radius 2 is 1.70 bits per heavy atom. The van der Waals surface area contributed by atoms with Gasteiger partial charge in [0.25, 0.3) is 0 Å². The average molecular weight is 500 g/mol. The van der Waals surface area contributed by atoms with E-state index in [1.807, 2.05) is 19.9 Å². The summed E-state index contributed by atoms with van der Waals surface area (Å²) in [7, 11) is 2.96. The van der Waals surface area contributed by atoms with Crippen molar-refractivity contribution < 1.29 is 19.1 Å². The molecule has 0 saturated heterocycles. The molecular weight excluding hydrogens is 466 g/mol. The Balaban J connectivity index is 0.000000712. The second-order valence-electron chi connectivity index (χ2n) is 7.11. The first-order valence-corrected chi connectivity index (χ1v) is 11.4. The van der Waals surface area contributed by atoms with Gasteiger partial charge in [-0.05, 0) is 68.3 Å². The van der Waals surface area contributed by atoms with Crippen LogP contribution in [0.2, 0.25) is 0 Å². The summed E-state index contributed by atoms with van der Waals surface area (Å²) in [5, 5.41) is 2.44. The zero-order valence-electron chi connectivity index (χ0n) is 19.2. The molecule has 0 amide bonds. The standard InChI is InChI=1S/C16H20BrNOS.C5H8O3.C2H6/c1-16(2,3)20-18-10-11-5-8-15(17)13-7-6-12(19-4)9-14(11)13;1-4(6)3-5(7)8-2;1-2/h5-9,18H,10H2,1-4H3;3H2,1-2H3;1-2H3. The largest absolute Gasteiger partial charge is 0.497 e. The zero-order valence-corrected chi connectivity index (χ0v) is 21.6. The first kappa shape index (κ1) is 28.4. The highest BCUT2D eigenvalue weighted by molar-refractivity contribution is 9.10. The summed E-state index contributed by atoms with van der Waals surface area (Å²) >= 11 is 5.37. The SMILES string of the molecule is CC.COC(=O)CC(C)=O.COc1ccc2c(Br)ccc(CNSC(C)(C)C)c2c1. The number of rotatable bonds is 6. The smallest absolute Gasteiger partial charge is 0.313 e. The van der Waals surface area contributed by atoms with Crippen LogP contribution in [0.15, 0.2) is 34.8 Å². The summed E-state index contributed by atoms with van der Waals surface area (Å²) in [5.41, 5.74) is 1.28. The number of ether oxygens (including phenoxy) is 2. The molecule has 0 spiro atoms. The van der Waals surface area contributed by atoms with Crippen LogP contribution >= 0.6 is 27.9 Å². The summed E-state index contributed by atoms with van der Waals surface area (Å²) in [6.45, 7) is 12.8. The number of ketones is 1. The first-order chi connectivity index (χ1) is 14.1. The van der Waals surface area contributed by atoms with Gasteiger partial charge in [-0.3, -0.25) is 14.3 Å². The predicted molar refractivity (Wildman–Crippen MR) is 131 cm³/mol. The maximum atomic E-state index is 10.2. The summed E-state index contributed by atoms with van der Waals surface area (Å²) in [6.07, 6.45) is -0.115. The number of carbonyl (C=O) groups excluding carboxylic acids is 2. The number of fused-ring (bicyclic) bond motifs is 1. The van der Waals surface area contributed by atoms with E-state index in [0.29, 0.717) is 0 Å². The molecular formula is C23H34BrNO4S. The fourth-order valence-corrected chi connectivity index (χ4v) is 3.38.